The van der Waals surface area contributed by atoms with E-state index in [4.69, 9.17) is 12.2 Å². The average molecular weight is 267 g/mol. The van der Waals surface area contributed by atoms with Crippen molar-refractivity contribution in [3.63, 3.8) is 0 Å². The van der Waals surface area contributed by atoms with Crippen LogP contribution in [-0.2, 0) is 0 Å². The monoisotopic (exact) mass is 267 g/mol. The summed E-state index contributed by atoms with van der Waals surface area (Å²) >= 11 is 5.30. The fourth-order valence-corrected chi connectivity index (χ4v) is 3.22. The van der Waals surface area contributed by atoms with Crippen molar-refractivity contribution in [3.05, 3.63) is 71.8 Å². The minimum atomic E-state index is 0.426. The minimum absolute atomic E-state index is 0.426. The summed E-state index contributed by atoms with van der Waals surface area (Å²) in [6.07, 6.45) is 0.990. The van der Waals surface area contributed by atoms with E-state index in [0.29, 0.717) is 11.8 Å². The third-order valence-electron chi connectivity index (χ3n) is 3.80. The van der Waals surface area contributed by atoms with E-state index in [2.05, 4.69) is 66.0 Å². The predicted molar refractivity (Wildman–Crippen MR) is 83.4 cm³/mol. The first-order chi connectivity index (χ1) is 9.34. The Morgan fingerprint density at radius 2 is 1.42 bits per heavy atom. The van der Waals surface area contributed by atoms with Crippen LogP contribution in [0.5, 0.6) is 0 Å². The van der Waals surface area contributed by atoms with Crippen LogP contribution in [0.4, 0.5) is 0 Å². The van der Waals surface area contributed by atoms with E-state index in [0.717, 1.165) is 18.0 Å². The summed E-state index contributed by atoms with van der Waals surface area (Å²) in [5, 5.41) is 3.32. The molecule has 1 atom stereocenters. The standard InChI is InChI=1S/C17H17NS/c19-16-11-15(12-18-16)17(13-7-3-1-4-8-13)14-9-5-2-6-10-14/h1-10,15,17H,11-12H2,(H,18,19). The smallest absolute Gasteiger partial charge is 0.0757 e. The van der Waals surface area contributed by atoms with Crippen LogP contribution in [0, 0.1) is 5.92 Å². The van der Waals surface area contributed by atoms with Gasteiger partial charge in [0.1, 0.15) is 0 Å². The second-order valence-corrected chi connectivity index (χ2v) is 5.56. The third kappa shape index (κ3) is 2.69. The second-order valence-electron chi connectivity index (χ2n) is 5.07. The molecular formula is C17H17NS. The molecule has 0 aromatic heterocycles. The summed E-state index contributed by atoms with van der Waals surface area (Å²) in [6, 6.07) is 21.5. The van der Waals surface area contributed by atoms with Gasteiger partial charge in [0.25, 0.3) is 0 Å². The van der Waals surface area contributed by atoms with Gasteiger partial charge in [-0.2, -0.15) is 0 Å². The van der Waals surface area contributed by atoms with Gasteiger partial charge in [-0.15, -0.1) is 0 Å². The first kappa shape index (κ1) is 12.4. The minimum Gasteiger partial charge on any atom is -0.379 e. The van der Waals surface area contributed by atoms with Gasteiger partial charge in [-0.3, -0.25) is 0 Å². The molecule has 0 amide bonds. The second kappa shape index (κ2) is 5.54. The Bertz CT molecular complexity index is 510. The lowest BCUT2D eigenvalue weighted by molar-refractivity contribution is 0.517. The van der Waals surface area contributed by atoms with Gasteiger partial charge >= 0.3 is 0 Å². The maximum Gasteiger partial charge on any atom is 0.0757 e. The van der Waals surface area contributed by atoms with Crippen LogP contribution in [0.3, 0.4) is 0 Å². The molecule has 1 heterocycles. The molecule has 0 aliphatic carbocycles. The molecule has 1 unspecified atom stereocenters. The molecule has 96 valence electrons. The Morgan fingerprint density at radius 1 is 0.895 bits per heavy atom. The molecular weight excluding hydrogens is 250 g/mol. The maximum absolute atomic E-state index is 5.30. The molecule has 1 N–H and O–H groups in total. The van der Waals surface area contributed by atoms with Crippen LogP contribution >= 0.6 is 12.2 Å². The molecule has 0 spiro atoms. The molecule has 19 heavy (non-hydrogen) atoms. The summed E-state index contributed by atoms with van der Waals surface area (Å²) in [4.78, 5) is 1.00. The van der Waals surface area contributed by atoms with E-state index in [9.17, 15) is 0 Å². The zero-order valence-electron chi connectivity index (χ0n) is 10.8. The molecule has 2 heteroatoms. The Balaban J connectivity index is 1.99. The van der Waals surface area contributed by atoms with Gasteiger partial charge in [-0.1, -0.05) is 72.9 Å². The number of rotatable bonds is 3. The molecule has 0 saturated carbocycles. The lowest BCUT2D eigenvalue weighted by atomic mass is 9.80. The maximum atomic E-state index is 5.30. The lowest BCUT2D eigenvalue weighted by Gasteiger charge is -2.23. The van der Waals surface area contributed by atoms with Gasteiger partial charge in [0.05, 0.1) is 4.99 Å². The van der Waals surface area contributed by atoms with Crippen molar-refractivity contribution in [1.82, 2.24) is 5.32 Å². The highest BCUT2D eigenvalue weighted by atomic mass is 32.1. The van der Waals surface area contributed by atoms with E-state index < -0.39 is 0 Å². The van der Waals surface area contributed by atoms with E-state index in [-0.39, 0.29) is 0 Å². The van der Waals surface area contributed by atoms with Gasteiger partial charge in [0.15, 0.2) is 0 Å². The van der Waals surface area contributed by atoms with Crippen molar-refractivity contribution in [2.24, 2.45) is 5.92 Å². The summed E-state index contributed by atoms with van der Waals surface area (Å²) in [5.41, 5.74) is 2.76. The Labute approximate surface area is 119 Å². The zero-order chi connectivity index (χ0) is 13.1. The van der Waals surface area contributed by atoms with Crippen molar-refractivity contribution in [2.75, 3.05) is 6.54 Å². The molecule has 2 aromatic rings. The summed E-state index contributed by atoms with van der Waals surface area (Å²) in [5.74, 6) is 0.979. The number of hydrogen-bond donors (Lipinski definition) is 1. The highest BCUT2D eigenvalue weighted by Crippen LogP contribution is 2.35. The average Bonchev–Trinajstić information content (AvgIpc) is 2.88. The number of nitrogens with one attached hydrogen (secondary N) is 1. The topological polar surface area (TPSA) is 12.0 Å². The summed E-state index contributed by atoms with van der Waals surface area (Å²) < 4.78 is 0. The van der Waals surface area contributed by atoms with Crippen LogP contribution in [-0.4, -0.2) is 11.5 Å². The molecule has 1 aliphatic heterocycles. The first-order valence-corrected chi connectivity index (χ1v) is 7.12. The van der Waals surface area contributed by atoms with E-state index in [1.54, 1.807) is 0 Å². The fourth-order valence-electron chi connectivity index (χ4n) is 2.92. The third-order valence-corrected chi connectivity index (χ3v) is 4.11. The quantitative estimate of drug-likeness (QED) is 0.850. The number of benzene rings is 2. The Morgan fingerprint density at radius 3 is 1.84 bits per heavy atom. The Kier molecular flexibility index (Phi) is 3.60. The van der Waals surface area contributed by atoms with Gasteiger partial charge < -0.3 is 5.32 Å². The molecule has 3 rings (SSSR count). The largest absolute Gasteiger partial charge is 0.379 e. The first-order valence-electron chi connectivity index (χ1n) is 6.71. The Hall–Kier alpha value is -1.67. The summed E-state index contributed by atoms with van der Waals surface area (Å²) in [7, 11) is 0. The normalized spacial score (nSPS) is 18.6. The zero-order valence-corrected chi connectivity index (χ0v) is 11.6. The van der Waals surface area contributed by atoms with Crippen LogP contribution in [0.25, 0.3) is 0 Å². The predicted octanol–water partition coefficient (Wildman–Crippen LogP) is 3.76. The highest BCUT2D eigenvalue weighted by molar-refractivity contribution is 7.80. The van der Waals surface area contributed by atoms with Gasteiger partial charge in [0.2, 0.25) is 0 Å². The van der Waals surface area contributed by atoms with E-state index >= 15 is 0 Å². The van der Waals surface area contributed by atoms with Crippen molar-refractivity contribution < 1.29 is 0 Å². The molecule has 0 radical (unpaired) electrons. The van der Waals surface area contributed by atoms with E-state index in [1.165, 1.54) is 11.1 Å². The van der Waals surface area contributed by atoms with Crippen LogP contribution in [0.1, 0.15) is 23.5 Å². The summed E-state index contributed by atoms with van der Waals surface area (Å²) in [6.45, 7) is 0.979. The lowest BCUT2D eigenvalue weighted by Crippen LogP contribution is -2.18. The van der Waals surface area contributed by atoms with Gasteiger partial charge in [-0.05, 0) is 17.0 Å². The van der Waals surface area contributed by atoms with Crippen molar-refractivity contribution in [3.8, 4) is 0 Å². The van der Waals surface area contributed by atoms with Crippen LogP contribution in [0.15, 0.2) is 60.7 Å². The molecule has 1 aliphatic rings. The van der Waals surface area contributed by atoms with Crippen molar-refractivity contribution in [1.29, 1.82) is 0 Å². The molecule has 1 fully saturated rings. The number of thiocarbonyl (C=S) groups is 1. The van der Waals surface area contributed by atoms with Crippen molar-refractivity contribution in [2.45, 2.75) is 12.3 Å². The molecule has 0 bridgehead atoms. The fraction of sp³-hybridized carbons (Fsp3) is 0.235. The van der Waals surface area contributed by atoms with E-state index in [1.807, 2.05) is 0 Å². The highest BCUT2D eigenvalue weighted by Gasteiger charge is 2.29. The van der Waals surface area contributed by atoms with Gasteiger partial charge in [-0.25, -0.2) is 0 Å². The van der Waals surface area contributed by atoms with Gasteiger partial charge in [0, 0.05) is 18.9 Å². The SMILES string of the molecule is S=C1CC(C(c2ccccc2)c2ccccc2)CN1. The molecule has 2 aromatic carbocycles. The molecule has 1 nitrogen and oxygen atoms in total. The van der Waals surface area contributed by atoms with Crippen LogP contribution < -0.4 is 5.32 Å². The van der Waals surface area contributed by atoms with Crippen molar-refractivity contribution >= 4 is 17.2 Å². The van der Waals surface area contributed by atoms with Crippen LogP contribution in [0.2, 0.25) is 0 Å². The number of hydrogen-bond acceptors (Lipinski definition) is 1. The molecule has 1 saturated heterocycles.